The zero-order valence-electron chi connectivity index (χ0n) is 11.5. The summed E-state index contributed by atoms with van der Waals surface area (Å²) in [5, 5.41) is 9.64. The van der Waals surface area contributed by atoms with Crippen LogP contribution in [0.25, 0.3) is 0 Å². The van der Waals surface area contributed by atoms with Crippen molar-refractivity contribution in [1.82, 2.24) is 14.8 Å². The minimum atomic E-state index is -0.435. The number of carbonyl (C=O) groups is 2. The van der Waals surface area contributed by atoms with Gasteiger partial charge in [0.05, 0.1) is 0 Å². The van der Waals surface area contributed by atoms with Crippen LogP contribution in [0.1, 0.15) is 23.8 Å². The van der Waals surface area contributed by atoms with E-state index in [0.29, 0.717) is 6.54 Å². The van der Waals surface area contributed by atoms with Gasteiger partial charge in [0.15, 0.2) is 5.69 Å². The van der Waals surface area contributed by atoms with Crippen molar-refractivity contribution in [2.45, 2.75) is 13.3 Å². The molecule has 1 aromatic rings. The summed E-state index contributed by atoms with van der Waals surface area (Å²) in [5.74, 6) is -0.779. The molecule has 1 aromatic heterocycles. The van der Waals surface area contributed by atoms with E-state index in [1.807, 2.05) is 6.92 Å². The maximum absolute atomic E-state index is 12.2. The lowest BCUT2D eigenvalue weighted by Crippen LogP contribution is -2.41. The number of aromatic hydroxyl groups is 1. The number of hydrogen-bond donors (Lipinski definition) is 1. The molecular weight excluding hydrogens is 246 g/mol. The van der Waals surface area contributed by atoms with Crippen molar-refractivity contribution >= 4 is 11.8 Å². The highest BCUT2D eigenvalue weighted by atomic mass is 16.3. The normalized spacial score (nSPS) is 10.1. The molecule has 0 saturated heterocycles. The van der Waals surface area contributed by atoms with Gasteiger partial charge in [0.1, 0.15) is 12.3 Å². The molecule has 0 unspecified atom stereocenters. The number of aromatic nitrogens is 1. The van der Waals surface area contributed by atoms with Crippen LogP contribution in [0.15, 0.2) is 18.3 Å². The van der Waals surface area contributed by atoms with Crippen molar-refractivity contribution in [2.24, 2.45) is 0 Å². The highest BCUT2D eigenvalue weighted by molar-refractivity contribution is 5.96. The zero-order valence-corrected chi connectivity index (χ0v) is 11.5. The molecule has 2 amide bonds. The Balaban J connectivity index is 2.90. The van der Waals surface area contributed by atoms with Gasteiger partial charge in [-0.3, -0.25) is 9.59 Å². The molecule has 0 bridgehead atoms. The first-order chi connectivity index (χ1) is 8.97. The van der Waals surface area contributed by atoms with Crippen LogP contribution in [0.4, 0.5) is 0 Å². The van der Waals surface area contributed by atoms with E-state index in [4.69, 9.17) is 0 Å². The monoisotopic (exact) mass is 265 g/mol. The van der Waals surface area contributed by atoms with Gasteiger partial charge in [0, 0.05) is 26.8 Å². The van der Waals surface area contributed by atoms with Gasteiger partial charge in [0.2, 0.25) is 5.91 Å². The Morgan fingerprint density at radius 1 is 1.37 bits per heavy atom. The molecule has 0 fully saturated rings. The third-order valence-electron chi connectivity index (χ3n) is 2.59. The Kier molecular flexibility index (Phi) is 5.29. The van der Waals surface area contributed by atoms with Gasteiger partial charge in [-0.25, -0.2) is 4.98 Å². The second-order valence-electron chi connectivity index (χ2n) is 4.39. The molecule has 0 aliphatic carbocycles. The molecule has 0 saturated carbocycles. The average molecular weight is 265 g/mol. The van der Waals surface area contributed by atoms with Gasteiger partial charge < -0.3 is 14.9 Å². The summed E-state index contributed by atoms with van der Waals surface area (Å²) in [5.41, 5.74) is -0.0255. The molecule has 0 aliphatic heterocycles. The third-order valence-corrected chi connectivity index (χ3v) is 2.59. The lowest BCUT2D eigenvalue weighted by atomic mass is 10.2. The van der Waals surface area contributed by atoms with Crippen LogP contribution >= 0.6 is 0 Å². The maximum atomic E-state index is 12.2. The van der Waals surface area contributed by atoms with Crippen molar-refractivity contribution in [3.05, 3.63) is 24.0 Å². The number of amides is 2. The Labute approximate surface area is 112 Å². The Morgan fingerprint density at radius 3 is 2.58 bits per heavy atom. The van der Waals surface area contributed by atoms with Gasteiger partial charge in [-0.1, -0.05) is 6.92 Å². The minimum absolute atomic E-state index is 0.0182. The summed E-state index contributed by atoms with van der Waals surface area (Å²) in [7, 11) is 3.27. The molecular formula is C13H19N3O3. The second-order valence-corrected chi connectivity index (χ2v) is 4.39. The topological polar surface area (TPSA) is 73.7 Å². The fraction of sp³-hybridized carbons (Fsp3) is 0.462. The smallest absolute Gasteiger partial charge is 0.276 e. The van der Waals surface area contributed by atoms with E-state index in [-0.39, 0.29) is 23.9 Å². The van der Waals surface area contributed by atoms with Gasteiger partial charge in [0.25, 0.3) is 5.91 Å². The van der Waals surface area contributed by atoms with E-state index >= 15 is 0 Å². The van der Waals surface area contributed by atoms with Gasteiger partial charge in [-0.2, -0.15) is 0 Å². The minimum Gasteiger partial charge on any atom is -0.505 e. The van der Waals surface area contributed by atoms with Gasteiger partial charge in [-0.05, 0) is 18.6 Å². The molecule has 0 radical (unpaired) electrons. The summed E-state index contributed by atoms with van der Waals surface area (Å²) in [4.78, 5) is 30.6. The molecule has 0 atom stereocenters. The first kappa shape index (κ1) is 14.9. The number of nitrogens with zero attached hydrogens (tertiary/aromatic N) is 3. The van der Waals surface area contributed by atoms with E-state index in [0.717, 1.165) is 6.42 Å². The van der Waals surface area contributed by atoms with Crippen LogP contribution in [-0.2, 0) is 4.79 Å². The standard InChI is InChI=1S/C13H19N3O3/c1-4-8-16(9-11(18)15(2)3)13(19)12-10(17)6-5-7-14-12/h5-7,17H,4,8-9H2,1-3H3. The second kappa shape index (κ2) is 6.72. The molecule has 1 N–H and O–H groups in total. The molecule has 6 nitrogen and oxygen atoms in total. The highest BCUT2D eigenvalue weighted by Gasteiger charge is 2.22. The maximum Gasteiger partial charge on any atom is 0.276 e. The number of hydrogen-bond acceptors (Lipinski definition) is 4. The third kappa shape index (κ3) is 3.94. The van der Waals surface area contributed by atoms with Crippen molar-refractivity contribution in [3.8, 4) is 5.75 Å². The van der Waals surface area contributed by atoms with Crippen LogP contribution in [0.2, 0.25) is 0 Å². The zero-order chi connectivity index (χ0) is 14.4. The van der Waals surface area contributed by atoms with Gasteiger partial charge in [-0.15, -0.1) is 0 Å². The number of rotatable bonds is 5. The van der Waals surface area contributed by atoms with E-state index in [9.17, 15) is 14.7 Å². The molecule has 19 heavy (non-hydrogen) atoms. The summed E-state index contributed by atoms with van der Waals surface area (Å²) in [6.45, 7) is 2.34. The SMILES string of the molecule is CCCN(CC(=O)N(C)C)C(=O)c1ncccc1O. The van der Waals surface area contributed by atoms with Gasteiger partial charge >= 0.3 is 0 Å². The van der Waals surface area contributed by atoms with Crippen molar-refractivity contribution < 1.29 is 14.7 Å². The Hall–Kier alpha value is -2.11. The van der Waals surface area contributed by atoms with Crippen LogP contribution in [0, 0.1) is 0 Å². The van der Waals surface area contributed by atoms with Crippen molar-refractivity contribution in [1.29, 1.82) is 0 Å². The predicted molar refractivity (Wildman–Crippen MR) is 70.8 cm³/mol. The summed E-state index contributed by atoms with van der Waals surface area (Å²) < 4.78 is 0. The fourth-order valence-corrected chi connectivity index (χ4v) is 1.54. The molecule has 0 aliphatic rings. The summed E-state index contributed by atoms with van der Waals surface area (Å²) >= 11 is 0. The van der Waals surface area contributed by atoms with E-state index in [1.165, 1.54) is 22.1 Å². The van der Waals surface area contributed by atoms with Crippen LogP contribution in [0.5, 0.6) is 5.75 Å². The summed E-state index contributed by atoms with van der Waals surface area (Å²) in [6, 6.07) is 2.94. The van der Waals surface area contributed by atoms with Crippen LogP contribution in [-0.4, -0.2) is 58.9 Å². The molecule has 0 spiro atoms. The number of likely N-dealkylation sites (N-methyl/N-ethyl adjacent to an activating group) is 1. The molecule has 0 aromatic carbocycles. The first-order valence-electron chi connectivity index (χ1n) is 6.10. The molecule has 104 valence electrons. The number of carbonyl (C=O) groups excluding carboxylic acids is 2. The van der Waals surface area contributed by atoms with Crippen molar-refractivity contribution in [3.63, 3.8) is 0 Å². The van der Waals surface area contributed by atoms with Crippen molar-refractivity contribution in [2.75, 3.05) is 27.2 Å². The Morgan fingerprint density at radius 2 is 2.05 bits per heavy atom. The lowest BCUT2D eigenvalue weighted by Gasteiger charge is -2.23. The average Bonchev–Trinajstić information content (AvgIpc) is 2.37. The number of pyridine rings is 1. The lowest BCUT2D eigenvalue weighted by molar-refractivity contribution is -0.129. The Bertz CT molecular complexity index is 460. The van der Waals surface area contributed by atoms with Crippen LogP contribution < -0.4 is 0 Å². The molecule has 6 heteroatoms. The largest absolute Gasteiger partial charge is 0.505 e. The first-order valence-corrected chi connectivity index (χ1v) is 6.10. The molecule has 1 rings (SSSR count). The van der Waals surface area contributed by atoms with E-state index < -0.39 is 5.91 Å². The predicted octanol–water partition coefficient (Wildman–Crippen LogP) is 0.728. The molecule has 1 heterocycles. The summed E-state index contributed by atoms with van der Waals surface area (Å²) in [6.07, 6.45) is 2.16. The van der Waals surface area contributed by atoms with E-state index in [1.54, 1.807) is 20.2 Å². The highest BCUT2D eigenvalue weighted by Crippen LogP contribution is 2.15. The fourth-order valence-electron chi connectivity index (χ4n) is 1.54. The van der Waals surface area contributed by atoms with E-state index in [2.05, 4.69) is 4.98 Å². The van der Waals surface area contributed by atoms with Crippen LogP contribution in [0.3, 0.4) is 0 Å². The quantitative estimate of drug-likeness (QED) is 0.851.